The van der Waals surface area contributed by atoms with Gasteiger partial charge in [-0.15, -0.1) is 0 Å². The van der Waals surface area contributed by atoms with Gasteiger partial charge in [0, 0.05) is 12.5 Å². The van der Waals surface area contributed by atoms with Gasteiger partial charge in [-0.05, 0) is 43.1 Å². The molecule has 1 heterocycles. The second kappa shape index (κ2) is 9.61. The molecule has 6 nitrogen and oxygen atoms in total. The van der Waals surface area contributed by atoms with Crippen LogP contribution in [0.3, 0.4) is 0 Å². The van der Waals surface area contributed by atoms with Gasteiger partial charge in [0.25, 0.3) is 11.8 Å². The van der Waals surface area contributed by atoms with Gasteiger partial charge in [-0.1, -0.05) is 63.2 Å². The fraction of sp³-hybridized carbons (Fsp3) is 0.423. The Hall–Kier alpha value is -2.77. The zero-order valence-corrected chi connectivity index (χ0v) is 21.2. The summed E-state index contributed by atoms with van der Waals surface area (Å²) in [7, 11) is -1.07. The van der Waals surface area contributed by atoms with E-state index >= 15 is 0 Å². The van der Waals surface area contributed by atoms with Crippen LogP contribution in [0, 0.1) is 11.3 Å². The Bertz CT molecular complexity index is 995. The van der Waals surface area contributed by atoms with Gasteiger partial charge >= 0.3 is 5.97 Å². The van der Waals surface area contributed by atoms with Crippen molar-refractivity contribution >= 4 is 26.8 Å². The van der Waals surface area contributed by atoms with Crippen molar-refractivity contribution in [1.29, 1.82) is 0 Å². The summed E-state index contributed by atoms with van der Waals surface area (Å²) >= 11 is 0. The molecule has 33 heavy (non-hydrogen) atoms. The van der Waals surface area contributed by atoms with Gasteiger partial charge in [-0.3, -0.25) is 14.5 Å². The van der Waals surface area contributed by atoms with Gasteiger partial charge in [0.1, 0.15) is 6.61 Å². The number of fused-ring (bicyclic) bond motifs is 1. The molecule has 1 radical (unpaired) electrons. The zero-order valence-electron chi connectivity index (χ0n) is 20.2. The van der Waals surface area contributed by atoms with E-state index in [4.69, 9.17) is 9.16 Å². The monoisotopic (exact) mass is 466 g/mol. The number of hydrogen-bond donors (Lipinski definition) is 0. The van der Waals surface area contributed by atoms with E-state index < -0.39 is 43.7 Å². The first-order valence-corrected chi connectivity index (χ1v) is 13.5. The van der Waals surface area contributed by atoms with Crippen molar-refractivity contribution < 1.29 is 23.5 Å². The summed E-state index contributed by atoms with van der Waals surface area (Å²) in [5, 5.41) is 0. The summed E-state index contributed by atoms with van der Waals surface area (Å²) in [5.74, 6) is -2.08. The molecule has 0 N–H and O–H groups in total. The lowest BCUT2D eigenvalue weighted by Gasteiger charge is -2.46. The van der Waals surface area contributed by atoms with Gasteiger partial charge in [-0.25, -0.2) is 4.79 Å². The van der Waals surface area contributed by atoms with Crippen molar-refractivity contribution in [3.8, 4) is 0 Å². The molecule has 7 heteroatoms. The molecule has 1 aliphatic rings. The maximum Gasteiger partial charge on any atom is 0.333 e. The quantitative estimate of drug-likeness (QED) is 0.320. The van der Waals surface area contributed by atoms with E-state index in [0.717, 1.165) is 10.5 Å². The summed E-state index contributed by atoms with van der Waals surface area (Å²) in [4.78, 5) is 41.8. The summed E-state index contributed by atoms with van der Waals surface area (Å²) < 4.78 is 11.8. The highest BCUT2D eigenvalue weighted by molar-refractivity contribution is 6.48. The van der Waals surface area contributed by atoms with E-state index in [1.54, 1.807) is 31.2 Å². The maximum absolute atomic E-state index is 13.8. The number of imide groups is 1. The van der Waals surface area contributed by atoms with Crippen molar-refractivity contribution in [2.24, 2.45) is 11.3 Å². The summed E-state index contributed by atoms with van der Waals surface area (Å²) in [6.07, 6.45) is 0. The van der Waals surface area contributed by atoms with Gasteiger partial charge in [0.05, 0.1) is 11.1 Å². The van der Waals surface area contributed by atoms with E-state index in [0.29, 0.717) is 11.1 Å². The average Bonchev–Trinajstić information content (AvgIpc) is 3.02. The van der Waals surface area contributed by atoms with Crippen LogP contribution in [0.25, 0.3) is 0 Å². The fourth-order valence-electron chi connectivity index (χ4n) is 4.38. The fourth-order valence-corrected chi connectivity index (χ4v) is 4.88. The van der Waals surface area contributed by atoms with Gasteiger partial charge < -0.3 is 9.16 Å². The number of benzene rings is 2. The Kier molecular flexibility index (Phi) is 7.24. The minimum absolute atomic E-state index is 0.0484. The minimum Gasteiger partial charge on any atom is -0.459 e. The van der Waals surface area contributed by atoms with Crippen LogP contribution in [0.1, 0.15) is 54.0 Å². The van der Waals surface area contributed by atoms with E-state index in [1.807, 2.05) is 64.2 Å². The Balaban J connectivity index is 2.06. The van der Waals surface area contributed by atoms with Crippen LogP contribution in [0.2, 0.25) is 13.1 Å². The first-order valence-electron chi connectivity index (χ1n) is 11.1. The van der Waals surface area contributed by atoms with Crippen LogP contribution in [0.5, 0.6) is 0 Å². The number of rotatable bonds is 8. The largest absolute Gasteiger partial charge is 0.459 e. The van der Waals surface area contributed by atoms with Crippen LogP contribution in [-0.4, -0.2) is 43.9 Å². The lowest BCUT2D eigenvalue weighted by Crippen LogP contribution is -2.64. The van der Waals surface area contributed by atoms with Crippen LogP contribution in [0.4, 0.5) is 0 Å². The predicted octanol–water partition coefficient (Wildman–Crippen LogP) is 4.71. The van der Waals surface area contributed by atoms with Crippen molar-refractivity contribution in [1.82, 2.24) is 4.90 Å². The minimum atomic E-state index is -1.56. The van der Waals surface area contributed by atoms with Crippen molar-refractivity contribution in [2.45, 2.75) is 52.9 Å². The van der Waals surface area contributed by atoms with Crippen molar-refractivity contribution in [2.75, 3.05) is 6.61 Å². The Morgan fingerprint density at radius 2 is 1.42 bits per heavy atom. The third kappa shape index (κ3) is 4.94. The topological polar surface area (TPSA) is 72.9 Å². The highest BCUT2D eigenvalue weighted by Crippen LogP contribution is 2.43. The summed E-state index contributed by atoms with van der Waals surface area (Å²) in [6.45, 7) is 11.9. The molecular formula is C26H32NO5Si. The molecule has 0 aromatic heterocycles. The molecule has 3 rings (SSSR count). The third-order valence-corrected chi connectivity index (χ3v) is 6.89. The average molecular weight is 467 g/mol. The Morgan fingerprint density at radius 1 is 0.909 bits per heavy atom. The molecule has 175 valence electrons. The highest BCUT2D eigenvalue weighted by Gasteiger charge is 2.58. The number of carbonyl (C=O) groups excluding carboxylic acids is 3. The van der Waals surface area contributed by atoms with E-state index in [9.17, 15) is 14.4 Å². The second-order valence-electron chi connectivity index (χ2n) is 9.84. The first-order chi connectivity index (χ1) is 15.5. The number of carbonyl (C=O) groups is 3. The molecule has 0 saturated heterocycles. The number of ether oxygens (including phenoxy) is 1. The summed E-state index contributed by atoms with van der Waals surface area (Å²) in [5.41, 5.74) is -0.598. The predicted molar refractivity (Wildman–Crippen MR) is 128 cm³/mol. The smallest absolute Gasteiger partial charge is 0.333 e. The van der Waals surface area contributed by atoms with Crippen LogP contribution >= 0.6 is 0 Å². The Labute approximate surface area is 197 Å². The Morgan fingerprint density at radius 3 is 1.91 bits per heavy atom. The van der Waals surface area contributed by atoms with E-state index in [1.165, 1.54) is 0 Å². The zero-order chi connectivity index (χ0) is 24.4. The molecule has 2 aromatic rings. The first kappa shape index (κ1) is 24.9. The molecule has 0 fully saturated rings. The highest BCUT2D eigenvalue weighted by atomic mass is 28.3. The number of amides is 2. The van der Waals surface area contributed by atoms with Crippen LogP contribution in [0.15, 0.2) is 54.6 Å². The van der Waals surface area contributed by atoms with Crippen molar-refractivity contribution in [3.05, 3.63) is 71.3 Å². The van der Waals surface area contributed by atoms with E-state index in [-0.39, 0.29) is 13.2 Å². The van der Waals surface area contributed by atoms with Crippen molar-refractivity contribution in [3.63, 3.8) is 0 Å². The molecule has 2 aromatic carbocycles. The molecule has 2 amide bonds. The summed E-state index contributed by atoms with van der Waals surface area (Å²) in [6, 6.07) is 16.0. The second-order valence-corrected chi connectivity index (χ2v) is 11.9. The SMILES string of the molecule is C[Si](C)OC[C@H](C(C)(C)C)[C@@](C)(C(=O)OCc1ccccc1)N1C(=O)c2ccccc2C1=O. The standard InChI is InChI=1S/C26H32NO5Si/c1-25(2,3)21(17-32-33(5)6)26(4,24(30)31-16-18-12-8-7-9-13-18)27-22(28)19-14-10-11-15-20(19)23(27)29/h7-15,21H,16-17H2,1-6H3/t21-,26+/m1/s1. The molecular weight excluding hydrogens is 434 g/mol. The van der Waals surface area contributed by atoms with Gasteiger partial charge in [0.2, 0.25) is 9.04 Å². The maximum atomic E-state index is 13.8. The van der Waals surface area contributed by atoms with Crippen LogP contribution < -0.4 is 0 Å². The normalized spacial score (nSPS) is 16.5. The molecule has 0 spiro atoms. The molecule has 0 saturated carbocycles. The molecule has 1 aliphatic heterocycles. The number of esters is 1. The van der Waals surface area contributed by atoms with Crippen LogP contribution in [-0.2, 0) is 20.6 Å². The van der Waals surface area contributed by atoms with E-state index in [2.05, 4.69) is 0 Å². The number of hydrogen-bond acceptors (Lipinski definition) is 5. The molecule has 0 unspecified atom stereocenters. The molecule has 0 bridgehead atoms. The lowest BCUT2D eigenvalue weighted by atomic mass is 9.69. The van der Waals surface area contributed by atoms with Gasteiger partial charge in [-0.2, -0.15) is 0 Å². The number of nitrogens with zero attached hydrogens (tertiary/aromatic N) is 1. The molecule has 2 atom stereocenters. The lowest BCUT2D eigenvalue weighted by molar-refractivity contribution is -0.163. The third-order valence-electron chi connectivity index (χ3n) is 6.15. The molecule has 0 aliphatic carbocycles. The van der Waals surface area contributed by atoms with Gasteiger partial charge in [0.15, 0.2) is 5.54 Å².